The van der Waals surface area contributed by atoms with Crippen LogP contribution in [0.4, 0.5) is 10.1 Å². The van der Waals surface area contributed by atoms with Crippen LogP contribution < -0.4 is 10.1 Å². The normalized spacial score (nSPS) is 11.8. The first kappa shape index (κ1) is 19.2. The second-order valence-corrected chi connectivity index (χ2v) is 5.38. The molecule has 2 rings (SSSR count). The van der Waals surface area contributed by atoms with E-state index in [0.717, 1.165) is 11.3 Å². The van der Waals surface area contributed by atoms with Gasteiger partial charge in [0.25, 0.3) is 5.91 Å². The van der Waals surface area contributed by atoms with Gasteiger partial charge in [0, 0.05) is 6.08 Å². The van der Waals surface area contributed by atoms with E-state index in [2.05, 4.69) is 5.32 Å². The second-order valence-electron chi connectivity index (χ2n) is 5.38. The molecule has 6 heteroatoms. The average Bonchev–Trinajstić information content (AvgIpc) is 2.63. The summed E-state index contributed by atoms with van der Waals surface area (Å²) in [5.41, 5.74) is 0.819. The highest BCUT2D eigenvalue weighted by Gasteiger charge is 2.17. The molecular formula is C20H20FNO4. The van der Waals surface area contributed by atoms with Gasteiger partial charge in [0.15, 0.2) is 6.10 Å². The molecular weight excluding hydrogens is 337 g/mol. The number of anilines is 1. The van der Waals surface area contributed by atoms with E-state index in [4.69, 9.17) is 9.47 Å². The van der Waals surface area contributed by atoms with Crippen LogP contribution in [0.1, 0.15) is 19.4 Å². The topological polar surface area (TPSA) is 64.6 Å². The van der Waals surface area contributed by atoms with Crippen LogP contribution >= 0.6 is 0 Å². The molecule has 26 heavy (non-hydrogen) atoms. The molecule has 2 aromatic carbocycles. The number of carbonyl (C=O) groups excluding carboxylic acids is 2. The first-order valence-corrected chi connectivity index (χ1v) is 8.16. The lowest BCUT2D eigenvalue weighted by molar-refractivity contribution is -0.148. The Kier molecular flexibility index (Phi) is 6.91. The summed E-state index contributed by atoms with van der Waals surface area (Å²) in [6, 6.07) is 12.9. The van der Waals surface area contributed by atoms with Crippen LogP contribution in [0.25, 0.3) is 6.08 Å². The zero-order chi connectivity index (χ0) is 18.9. The lowest BCUT2D eigenvalue weighted by atomic mass is 10.2. The van der Waals surface area contributed by atoms with Gasteiger partial charge >= 0.3 is 5.97 Å². The van der Waals surface area contributed by atoms with Crippen molar-refractivity contribution in [3.63, 3.8) is 0 Å². The Labute approximate surface area is 151 Å². The Morgan fingerprint density at radius 2 is 1.85 bits per heavy atom. The summed E-state index contributed by atoms with van der Waals surface area (Å²) in [5, 5.41) is 2.38. The minimum absolute atomic E-state index is 0.0327. The van der Waals surface area contributed by atoms with Crippen molar-refractivity contribution in [3.8, 4) is 5.75 Å². The molecule has 0 aliphatic heterocycles. The molecule has 0 aliphatic rings. The minimum Gasteiger partial charge on any atom is -0.494 e. The molecule has 1 amide bonds. The fraction of sp³-hybridized carbons (Fsp3) is 0.200. The van der Waals surface area contributed by atoms with Crippen molar-refractivity contribution in [1.82, 2.24) is 0 Å². The van der Waals surface area contributed by atoms with Crippen molar-refractivity contribution in [2.75, 3.05) is 11.9 Å². The lowest BCUT2D eigenvalue weighted by Crippen LogP contribution is -2.29. The molecule has 2 aromatic rings. The number of para-hydroxylation sites is 1. The lowest BCUT2D eigenvalue weighted by Gasteiger charge is -2.12. The Hall–Kier alpha value is -3.15. The van der Waals surface area contributed by atoms with Gasteiger partial charge in [-0.15, -0.1) is 0 Å². The third-order valence-electron chi connectivity index (χ3n) is 3.40. The van der Waals surface area contributed by atoms with Crippen LogP contribution in [0.3, 0.4) is 0 Å². The highest BCUT2D eigenvalue weighted by Crippen LogP contribution is 2.14. The van der Waals surface area contributed by atoms with Gasteiger partial charge < -0.3 is 14.8 Å². The third-order valence-corrected chi connectivity index (χ3v) is 3.40. The molecule has 5 nitrogen and oxygen atoms in total. The number of amides is 1. The zero-order valence-corrected chi connectivity index (χ0v) is 14.6. The van der Waals surface area contributed by atoms with Gasteiger partial charge in [-0.25, -0.2) is 9.18 Å². The Morgan fingerprint density at radius 1 is 1.15 bits per heavy atom. The van der Waals surface area contributed by atoms with Gasteiger partial charge in [0.2, 0.25) is 0 Å². The number of rotatable bonds is 7. The number of hydrogen-bond donors (Lipinski definition) is 1. The molecule has 0 saturated carbocycles. The van der Waals surface area contributed by atoms with Gasteiger partial charge in [-0.05, 0) is 49.8 Å². The quantitative estimate of drug-likeness (QED) is 0.605. The van der Waals surface area contributed by atoms with Crippen molar-refractivity contribution >= 4 is 23.6 Å². The maximum Gasteiger partial charge on any atom is 0.331 e. The molecule has 0 heterocycles. The molecule has 1 N–H and O–H groups in total. The predicted octanol–water partition coefficient (Wildman–Crippen LogP) is 3.81. The van der Waals surface area contributed by atoms with E-state index in [9.17, 15) is 14.0 Å². The first-order chi connectivity index (χ1) is 12.5. The van der Waals surface area contributed by atoms with Crippen LogP contribution in [0.2, 0.25) is 0 Å². The molecule has 0 bridgehead atoms. The van der Waals surface area contributed by atoms with Crippen LogP contribution in [0.15, 0.2) is 54.6 Å². The molecule has 0 spiro atoms. The fourth-order valence-electron chi connectivity index (χ4n) is 2.07. The smallest absolute Gasteiger partial charge is 0.331 e. The summed E-state index contributed by atoms with van der Waals surface area (Å²) in [7, 11) is 0. The standard InChI is InChI=1S/C20H20FNO4/c1-3-25-16-11-8-15(9-12-16)10-13-19(23)26-14(2)20(24)22-18-7-5-4-6-17(18)21/h4-14H,3H2,1-2H3,(H,22,24)/b13-10+/t14-/m0/s1. The van der Waals surface area contributed by atoms with E-state index < -0.39 is 23.8 Å². The van der Waals surface area contributed by atoms with Gasteiger partial charge in [-0.1, -0.05) is 24.3 Å². The molecule has 0 aliphatic carbocycles. The number of nitrogens with one attached hydrogen (secondary N) is 1. The van der Waals surface area contributed by atoms with E-state index in [1.807, 2.05) is 6.92 Å². The van der Waals surface area contributed by atoms with E-state index >= 15 is 0 Å². The molecule has 0 fully saturated rings. The molecule has 0 radical (unpaired) electrons. The van der Waals surface area contributed by atoms with Crippen molar-refractivity contribution in [1.29, 1.82) is 0 Å². The number of ether oxygens (including phenoxy) is 2. The SMILES string of the molecule is CCOc1ccc(/C=C/C(=O)O[C@@H](C)C(=O)Nc2ccccc2F)cc1. The summed E-state index contributed by atoms with van der Waals surface area (Å²) in [4.78, 5) is 23.8. The summed E-state index contributed by atoms with van der Waals surface area (Å²) in [5.74, 6) is -1.10. The van der Waals surface area contributed by atoms with Crippen LogP contribution in [-0.4, -0.2) is 24.6 Å². The minimum atomic E-state index is -1.06. The maximum absolute atomic E-state index is 13.5. The molecule has 1 atom stereocenters. The number of benzene rings is 2. The second kappa shape index (κ2) is 9.36. The van der Waals surface area contributed by atoms with Gasteiger partial charge in [0.1, 0.15) is 11.6 Å². The summed E-state index contributed by atoms with van der Waals surface area (Å²) in [6.07, 6.45) is 1.73. The predicted molar refractivity (Wildman–Crippen MR) is 97.2 cm³/mol. The van der Waals surface area contributed by atoms with E-state index in [0.29, 0.717) is 6.61 Å². The van der Waals surface area contributed by atoms with Crippen molar-refractivity contribution < 1.29 is 23.5 Å². The first-order valence-electron chi connectivity index (χ1n) is 8.16. The monoisotopic (exact) mass is 357 g/mol. The Balaban J connectivity index is 1.87. The van der Waals surface area contributed by atoms with Gasteiger partial charge in [0.05, 0.1) is 12.3 Å². The fourth-order valence-corrected chi connectivity index (χ4v) is 2.07. The number of hydrogen-bond acceptors (Lipinski definition) is 4. The Bertz CT molecular complexity index is 787. The third kappa shape index (κ3) is 5.73. The van der Waals surface area contributed by atoms with E-state index in [1.54, 1.807) is 36.4 Å². The highest BCUT2D eigenvalue weighted by atomic mass is 19.1. The van der Waals surface area contributed by atoms with Crippen molar-refractivity contribution in [3.05, 3.63) is 66.0 Å². The molecule has 0 unspecified atom stereocenters. The number of esters is 1. The van der Waals surface area contributed by atoms with Crippen LogP contribution in [0, 0.1) is 5.82 Å². The summed E-state index contributed by atoms with van der Waals surface area (Å²) in [6.45, 7) is 3.89. The summed E-state index contributed by atoms with van der Waals surface area (Å²) >= 11 is 0. The number of carbonyl (C=O) groups is 2. The average molecular weight is 357 g/mol. The van der Waals surface area contributed by atoms with Gasteiger partial charge in [-0.2, -0.15) is 0 Å². The number of halogens is 1. The zero-order valence-electron chi connectivity index (χ0n) is 14.6. The van der Waals surface area contributed by atoms with E-state index in [1.165, 1.54) is 31.2 Å². The maximum atomic E-state index is 13.5. The molecule has 136 valence electrons. The Morgan fingerprint density at radius 3 is 2.50 bits per heavy atom. The van der Waals surface area contributed by atoms with Crippen molar-refractivity contribution in [2.24, 2.45) is 0 Å². The van der Waals surface area contributed by atoms with E-state index in [-0.39, 0.29) is 5.69 Å². The van der Waals surface area contributed by atoms with Gasteiger partial charge in [-0.3, -0.25) is 4.79 Å². The largest absolute Gasteiger partial charge is 0.494 e. The van der Waals surface area contributed by atoms with Crippen LogP contribution in [-0.2, 0) is 14.3 Å². The van der Waals surface area contributed by atoms with Crippen molar-refractivity contribution in [2.45, 2.75) is 20.0 Å². The van der Waals surface area contributed by atoms with Crippen LogP contribution in [0.5, 0.6) is 5.75 Å². The highest BCUT2D eigenvalue weighted by molar-refractivity contribution is 5.96. The molecule has 0 aromatic heterocycles. The summed E-state index contributed by atoms with van der Waals surface area (Å²) < 4.78 is 23.9. The molecule has 0 saturated heterocycles.